The number of anilines is 1. The first-order valence-electron chi connectivity index (χ1n) is 8.97. The molecule has 0 aliphatic carbocycles. The predicted octanol–water partition coefficient (Wildman–Crippen LogP) is 4.58. The number of hydrogen-bond donors (Lipinski definition) is 0. The van der Waals surface area contributed by atoms with Crippen LogP contribution in [0.3, 0.4) is 0 Å². The second-order valence-corrected chi connectivity index (χ2v) is 7.98. The summed E-state index contributed by atoms with van der Waals surface area (Å²) in [7, 11) is 3.25. The molecular weight excluding hydrogens is 429 g/mol. The van der Waals surface area contributed by atoms with Gasteiger partial charge in [-0.25, -0.2) is 0 Å². The molecule has 0 radical (unpaired) electrons. The second-order valence-electron chi connectivity index (χ2n) is 6.00. The van der Waals surface area contributed by atoms with Crippen molar-refractivity contribution in [3.63, 3.8) is 0 Å². The van der Waals surface area contributed by atoms with Crippen molar-refractivity contribution >= 4 is 31.1 Å². The van der Waals surface area contributed by atoms with Gasteiger partial charge < -0.3 is 0 Å². The summed E-state index contributed by atoms with van der Waals surface area (Å²) in [6, 6.07) is 25.2. The van der Waals surface area contributed by atoms with Crippen molar-refractivity contribution in [2.75, 3.05) is 19.1 Å². The van der Waals surface area contributed by atoms with E-state index in [-0.39, 0.29) is 15.0 Å². The maximum absolute atomic E-state index is 9.89. The van der Waals surface area contributed by atoms with Crippen LogP contribution in [-0.2, 0) is 5.32 Å². The van der Waals surface area contributed by atoms with Crippen molar-refractivity contribution in [3.05, 3.63) is 84.4 Å². The number of ether oxygens (including phenoxy) is 2. The molecule has 3 aromatic carbocycles. The Morgan fingerprint density at radius 3 is 2.03 bits per heavy atom. The molecule has 0 heterocycles. The second kappa shape index (κ2) is 10.3. The molecule has 146 valence electrons. The molecule has 0 spiro atoms. The summed E-state index contributed by atoms with van der Waals surface area (Å²) in [6.45, 7) is 0. The first-order valence-corrected chi connectivity index (χ1v) is 11.0. The number of amidine groups is 1. The van der Waals surface area contributed by atoms with Gasteiger partial charge in [0.2, 0.25) is 0 Å². The summed E-state index contributed by atoms with van der Waals surface area (Å²) in [5.41, 5.74) is 2.77. The van der Waals surface area contributed by atoms with Gasteiger partial charge >= 0.3 is 177 Å². The molecule has 0 aliphatic heterocycles. The fourth-order valence-electron chi connectivity index (χ4n) is 2.58. The third-order valence-corrected chi connectivity index (χ3v) is 6.25. The SMILES string of the molecule is COc1ccc(N=C([Se]Cc2ccccc2)N(C#N)c2ccc(OC)cc2)cc1. The van der Waals surface area contributed by atoms with Crippen molar-refractivity contribution < 1.29 is 9.47 Å². The number of methoxy groups -OCH3 is 2. The molecule has 3 aromatic rings. The van der Waals surface area contributed by atoms with Crippen LogP contribution in [0, 0.1) is 11.5 Å². The number of nitrogens with zero attached hydrogens (tertiary/aromatic N) is 3. The molecule has 0 saturated heterocycles. The Balaban J connectivity index is 1.92. The van der Waals surface area contributed by atoms with E-state index in [1.54, 1.807) is 19.1 Å². The zero-order chi connectivity index (χ0) is 20.5. The zero-order valence-corrected chi connectivity index (χ0v) is 18.0. The summed E-state index contributed by atoms with van der Waals surface area (Å²) < 4.78 is 11.2. The molecule has 0 atom stereocenters. The van der Waals surface area contributed by atoms with Crippen LogP contribution in [0.1, 0.15) is 5.56 Å². The summed E-state index contributed by atoms with van der Waals surface area (Å²) in [6.07, 6.45) is 2.29. The quantitative estimate of drug-likeness (QED) is 0.174. The van der Waals surface area contributed by atoms with Crippen LogP contribution in [0.25, 0.3) is 0 Å². The zero-order valence-electron chi connectivity index (χ0n) is 16.3. The van der Waals surface area contributed by atoms with Gasteiger partial charge in [0.05, 0.1) is 0 Å². The number of rotatable bonds is 7. The number of aliphatic imine (C=N–C) groups is 1. The predicted molar refractivity (Wildman–Crippen MR) is 117 cm³/mol. The van der Waals surface area contributed by atoms with Gasteiger partial charge in [0, 0.05) is 0 Å². The van der Waals surface area contributed by atoms with E-state index in [0.717, 1.165) is 32.9 Å². The Bertz CT molecular complexity index is 981. The van der Waals surface area contributed by atoms with Crippen LogP contribution in [0.15, 0.2) is 83.9 Å². The van der Waals surface area contributed by atoms with Gasteiger partial charge in [-0.05, 0) is 0 Å². The van der Waals surface area contributed by atoms with Gasteiger partial charge in [-0.15, -0.1) is 0 Å². The third-order valence-electron chi connectivity index (χ3n) is 4.13. The standard InChI is InChI=1S/C23H21N3O2Se/c1-27-21-12-8-19(9-13-21)25-23(29-16-18-6-4-3-5-7-18)26(17-24)20-10-14-22(28-2)15-11-20/h3-15H,16H2,1-2H3. The van der Waals surface area contributed by atoms with Crippen molar-refractivity contribution in [1.29, 1.82) is 5.26 Å². The molecule has 0 N–H and O–H groups in total. The average Bonchev–Trinajstić information content (AvgIpc) is 2.79. The molecular formula is C23H21N3O2Se. The average molecular weight is 450 g/mol. The fraction of sp³-hybridized carbons (Fsp3) is 0.130. The normalized spacial score (nSPS) is 10.9. The van der Waals surface area contributed by atoms with Crippen LogP contribution >= 0.6 is 0 Å². The summed E-state index contributed by atoms with van der Waals surface area (Å²) in [5, 5.41) is 10.7. The molecule has 5 nitrogen and oxygen atoms in total. The monoisotopic (exact) mass is 451 g/mol. The molecule has 0 aliphatic rings. The molecule has 29 heavy (non-hydrogen) atoms. The van der Waals surface area contributed by atoms with E-state index in [4.69, 9.17) is 14.5 Å². The summed E-state index contributed by atoms with van der Waals surface area (Å²) in [4.78, 5) is 6.39. The molecule has 0 bridgehead atoms. The van der Waals surface area contributed by atoms with Crippen LogP contribution < -0.4 is 14.4 Å². The van der Waals surface area contributed by atoms with E-state index >= 15 is 0 Å². The van der Waals surface area contributed by atoms with Crippen molar-refractivity contribution in [1.82, 2.24) is 0 Å². The Morgan fingerprint density at radius 1 is 0.897 bits per heavy atom. The van der Waals surface area contributed by atoms with Crippen LogP contribution in [0.2, 0.25) is 0 Å². The first-order chi connectivity index (χ1) is 14.2. The van der Waals surface area contributed by atoms with E-state index in [9.17, 15) is 5.26 Å². The Morgan fingerprint density at radius 2 is 1.48 bits per heavy atom. The Hall–Kier alpha value is -3.26. The van der Waals surface area contributed by atoms with Gasteiger partial charge in [0.1, 0.15) is 0 Å². The topological polar surface area (TPSA) is 57.8 Å². The van der Waals surface area contributed by atoms with Crippen molar-refractivity contribution in [2.45, 2.75) is 5.32 Å². The molecule has 0 aromatic heterocycles. The van der Waals surface area contributed by atoms with Gasteiger partial charge in [0.15, 0.2) is 0 Å². The minimum atomic E-state index is -0.0447. The van der Waals surface area contributed by atoms with E-state index in [2.05, 4.69) is 18.3 Å². The molecule has 0 fully saturated rings. The Labute approximate surface area is 177 Å². The van der Waals surface area contributed by atoms with E-state index < -0.39 is 0 Å². The van der Waals surface area contributed by atoms with E-state index in [1.807, 2.05) is 66.7 Å². The fourth-order valence-corrected chi connectivity index (χ4v) is 4.54. The number of benzene rings is 3. The molecule has 0 amide bonds. The Kier molecular flexibility index (Phi) is 7.29. The van der Waals surface area contributed by atoms with Crippen molar-refractivity contribution in [2.24, 2.45) is 4.99 Å². The molecule has 6 heteroatoms. The first kappa shape index (κ1) is 20.5. The summed E-state index contributed by atoms with van der Waals surface area (Å²) >= 11 is -0.0447. The molecule has 0 unspecified atom stereocenters. The van der Waals surface area contributed by atoms with Gasteiger partial charge in [-0.1, -0.05) is 0 Å². The maximum atomic E-state index is 9.89. The van der Waals surface area contributed by atoms with Gasteiger partial charge in [-0.2, -0.15) is 0 Å². The van der Waals surface area contributed by atoms with Crippen LogP contribution in [0.4, 0.5) is 11.4 Å². The number of hydrogen-bond acceptors (Lipinski definition) is 4. The van der Waals surface area contributed by atoms with E-state index in [0.29, 0.717) is 0 Å². The van der Waals surface area contributed by atoms with Crippen LogP contribution in [-0.4, -0.2) is 33.9 Å². The molecule has 3 rings (SSSR count). The molecule has 0 saturated carbocycles. The van der Waals surface area contributed by atoms with Gasteiger partial charge in [0.25, 0.3) is 0 Å². The van der Waals surface area contributed by atoms with Crippen LogP contribution in [0.5, 0.6) is 11.5 Å². The van der Waals surface area contributed by atoms with E-state index in [1.165, 1.54) is 5.56 Å². The third kappa shape index (κ3) is 5.61. The summed E-state index contributed by atoms with van der Waals surface area (Å²) in [5.74, 6) is 1.52. The van der Waals surface area contributed by atoms with Crippen molar-refractivity contribution in [3.8, 4) is 17.7 Å². The minimum absolute atomic E-state index is 0.0447. The van der Waals surface area contributed by atoms with Gasteiger partial charge in [-0.3, -0.25) is 0 Å². The number of nitriles is 1.